The summed E-state index contributed by atoms with van der Waals surface area (Å²) in [4.78, 5) is 0. The minimum absolute atomic E-state index is 0.357. The van der Waals surface area contributed by atoms with Crippen LogP contribution in [0.4, 0.5) is 5.69 Å². The van der Waals surface area contributed by atoms with Crippen LogP contribution in [0.5, 0.6) is 17.2 Å². The number of nitrogens with two attached hydrogens (primary N) is 1. The number of nitrogen functional groups attached to an aromatic ring is 1. The molecule has 5 heteroatoms. The molecule has 0 fully saturated rings. The van der Waals surface area contributed by atoms with Gasteiger partial charge in [0.15, 0.2) is 17.2 Å². The highest BCUT2D eigenvalue weighted by Crippen LogP contribution is 2.37. The first kappa shape index (κ1) is 13.1. The Bertz CT molecular complexity index is 650. The second-order valence-corrected chi connectivity index (χ2v) is 4.14. The predicted molar refractivity (Wildman–Crippen MR) is 73.6 cm³/mol. The zero-order chi connectivity index (χ0) is 13.8. The Kier molecular flexibility index (Phi) is 3.79. The average molecular weight is 275 g/mol. The van der Waals surface area contributed by atoms with Crippen LogP contribution in [0, 0.1) is 11.3 Å². The molecule has 0 unspecified atom stereocenters. The van der Waals surface area contributed by atoms with Crippen molar-refractivity contribution in [3.05, 3.63) is 47.0 Å². The summed E-state index contributed by atoms with van der Waals surface area (Å²) in [5, 5.41) is 9.26. The van der Waals surface area contributed by atoms with E-state index in [2.05, 4.69) is 0 Å². The van der Waals surface area contributed by atoms with Crippen LogP contribution in [0.15, 0.2) is 36.4 Å². The van der Waals surface area contributed by atoms with Gasteiger partial charge in [-0.1, -0.05) is 17.7 Å². The number of nitrogens with zero attached hydrogens (tertiary/aromatic N) is 1. The zero-order valence-electron chi connectivity index (χ0n) is 10.2. The van der Waals surface area contributed by atoms with Crippen molar-refractivity contribution in [3.8, 4) is 23.3 Å². The number of rotatable bonds is 3. The molecule has 0 bridgehead atoms. The summed E-state index contributed by atoms with van der Waals surface area (Å²) in [6, 6.07) is 12.0. The Morgan fingerprint density at radius 1 is 1.16 bits per heavy atom. The Hall–Kier alpha value is -2.38. The SMILES string of the molecule is COc1cc(C#N)ccc1Oc1cccc(Cl)c1N. The molecule has 2 aromatic rings. The zero-order valence-corrected chi connectivity index (χ0v) is 10.9. The summed E-state index contributed by atoms with van der Waals surface area (Å²) in [5.74, 6) is 1.37. The lowest BCUT2D eigenvalue weighted by Gasteiger charge is -2.12. The van der Waals surface area contributed by atoms with Crippen LogP contribution >= 0.6 is 11.6 Å². The van der Waals surface area contributed by atoms with Gasteiger partial charge in [0, 0.05) is 6.07 Å². The van der Waals surface area contributed by atoms with E-state index in [0.717, 1.165) is 0 Å². The van der Waals surface area contributed by atoms with Crippen molar-refractivity contribution in [1.29, 1.82) is 5.26 Å². The first-order valence-electron chi connectivity index (χ1n) is 5.45. The van der Waals surface area contributed by atoms with Gasteiger partial charge in [-0.2, -0.15) is 5.26 Å². The maximum atomic E-state index is 8.83. The van der Waals surface area contributed by atoms with Crippen molar-refractivity contribution in [2.24, 2.45) is 0 Å². The number of hydrogen-bond acceptors (Lipinski definition) is 4. The molecule has 0 aliphatic rings. The first-order valence-corrected chi connectivity index (χ1v) is 5.83. The fourth-order valence-electron chi connectivity index (χ4n) is 1.55. The van der Waals surface area contributed by atoms with Gasteiger partial charge in [0.1, 0.15) is 0 Å². The van der Waals surface area contributed by atoms with E-state index in [0.29, 0.717) is 33.5 Å². The third kappa shape index (κ3) is 2.72. The van der Waals surface area contributed by atoms with Gasteiger partial charge in [-0.15, -0.1) is 0 Å². The molecular weight excluding hydrogens is 264 g/mol. The lowest BCUT2D eigenvalue weighted by molar-refractivity contribution is 0.379. The van der Waals surface area contributed by atoms with Crippen molar-refractivity contribution >= 4 is 17.3 Å². The summed E-state index contributed by atoms with van der Waals surface area (Å²) in [7, 11) is 1.50. The lowest BCUT2D eigenvalue weighted by atomic mass is 10.2. The number of halogens is 1. The van der Waals surface area contributed by atoms with E-state index in [-0.39, 0.29) is 0 Å². The van der Waals surface area contributed by atoms with Crippen molar-refractivity contribution in [2.45, 2.75) is 0 Å². The number of methoxy groups -OCH3 is 1. The third-order valence-electron chi connectivity index (χ3n) is 2.53. The molecule has 2 N–H and O–H groups in total. The van der Waals surface area contributed by atoms with Gasteiger partial charge in [-0.05, 0) is 24.3 Å². The number of anilines is 1. The van der Waals surface area contributed by atoms with Crippen molar-refractivity contribution in [3.63, 3.8) is 0 Å². The summed E-state index contributed by atoms with van der Waals surface area (Å²) >= 11 is 5.92. The monoisotopic (exact) mass is 274 g/mol. The molecule has 0 saturated carbocycles. The fraction of sp³-hybridized carbons (Fsp3) is 0.0714. The van der Waals surface area contributed by atoms with Gasteiger partial charge in [0.2, 0.25) is 0 Å². The minimum Gasteiger partial charge on any atom is -0.493 e. The summed E-state index contributed by atoms with van der Waals surface area (Å²) in [6.07, 6.45) is 0. The number of hydrogen-bond donors (Lipinski definition) is 1. The Morgan fingerprint density at radius 3 is 2.63 bits per heavy atom. The van der Waals surface area contributed by atoms with Gasteiger partial charge in [0.25, 0.3) is 0 Å². The molecule has 0 aliphatic carbocycles. The van der Waals surface area contributed by atoms with Crippen molar-refractivity contribution in [1.82, 2.24) is 0 Å². The molecule has 96 valence electrons. The van der Waals surface area contributed by atoms with Gasteiger partial charge in [0.05, 0.1) is 29.5 Å². The lowest BCUT2D eigenvalue weighted by Crippen LogP contribution is -1.95. The molecular formula is C14H11ClN2O2. The topological polar surface area (TPSA) is 68.3 Å². The van der Waals surface area contributed by atoms with Crippen LogP contribution in [-0.4, -0.2) is 7.11 Å². The molecule has 0 atom stereocenters. The second kappa shape index (κ2) is 5.51. The second-order valence-electron chi connectivity index (χ2n) is 3.73. The molecule has 0 amide bonds. The molecule has 0 heterocycles. The van der Waals surface area contributed by atoms with Crippen LogP contribution in [0.1, 0.15) is 5.56 Å². The molecule has 2 rings (SSSR count). The van der Waals surface area contributed by atoms with Gasteiger partial charge in [-0.25, -0.2) is 0 Å². The normalized spacial score (nSPS) is 9.74. The van der Waals surface area contributed by atoms with Crippen LogP contribution in [0.25, 0.3) is 0 Å². The highest BCUT2D eigenvalue weighted by molar-refractivity contribution is 6.33. The van der Waals surface area contributed by atoms with E-state index in [1.807, 2.05) is 6.07 Å². The van der Waals surface area contributed by atoms with Crippen LogP contribution in [0.3, 0.4) is 0 Å². The fourth-order valence-corrected chi connectivity index (χ4v) is 1.71. The molecule has 0 aromatic heterocycles. The van der Waals surface area contributed by atoms with Crippen molar-refractivity contribution in [2.75, 3.05) is 12.8 Å². The molecule has 0 saturated heterocycles. The highest BCUT2D eigenvalue weighted by Gasteiger charge is 2.10. The Labute approximate surface area is 115 Å². The Balaban J connectivity index is 2.38. The van der Waals surface area contributed by atoms with E-state index in [4.69, 9.17) is 32.1 Å². The van der Waals surface area contributed by atoms with Crippen LogP contribution < -0.4 is 15.2 Å². The van der Waals surface area contributed by atoms with Crippen LogP contribution in [-0.2, 0) is 0 Å². The molecule has 0 aliphatic heterocycles. The molecule has 0 radical (unpaired) electrons. The molecule has 2 aromatic carbocycles. The van der Waals surface area contributed by atoms with E-state index >= 15 is 0 Å². The first-order chi connectivity index (χ1) is 9.15. The average Bonchev–Trinajstić information content (AvgIpc) is 2.44. The van der Waals surface area contributed by atoms with E-state index in [1.54, 1.807) is 36.4 Å². The van der Waals surface area contributed by atoms with Gasteiger partial charge in [-0.3, -0.25) is 0 Å². The third-order valence-corrected chi connectivity index (χ3v) is 2.86. The quantitative estimate of drug-likeness (QED) is 0.869. The summed E-state index contributed by atoms with van der Waals surface area (Å²) < 4.78 is 10.8. The van der Waals surface area contributed by atoms with Crippen molar-refractivity contribution < 1.29 is 9.47 Å². The summed E-state index contributed by atoms with van der Waals surface area (Å²) in [6.45, 7) is 0. The maximum Gasteiger partial charge on any atom is 0.169 e. The predicted octanol–water partition coefficient (Wildman–Crippen LogP) is 3.59. The smallest absolute Gasteiger partial charge is 0.169 e. The maximum absolute atomic E-state index is 8.83. The van der Waals surface area contributed by atoms with E-state index in [9.17, 15) is 0 Å². The molecule has 19 heavy (non-hydrogen) atoms. The standard InChI is InChI=1S/C14H11ClN2O2/c1-18-13-7-9(8-16)5-6-11(13)19-12-4-2-3-10(15)14(12)17/h2-7H,17H2,1H3. The highest BCUT2D eigenvalue weighted by atomic mass is 35.5. The number of ether oxygens (including phenoxy) is 2. The minimum atomic E-state index is 0.357. The van der Waals surface area contributed by atoms with Gasteiger partial charge < -0.3 is 15.2 Å². The van der Waals surface area contributed by atoms with E-state index < -0.39 is 0 Å². The number of nitriles is 1. The largest absolute Gasteiger partial charge is 0.493 e. The number of para-hydroxylation sites is 1. The van der Waals surface area contributed by atoms with Gasteiger partial charge >= 0.3 is 0 Å². The van der Waals surface area contributed by atoms with Crippen LogP contribution in [0.2, 0.25) is 5.02 Å². The summed E-state index contributed by atoms with van der Waals surface area (Å²) in [5.41, 5.74) is 6.67. The molecule has 0 spiro atoms. The molecule has 4 nitrogen and oxygen atoms in total. The Morgan fingerprint density at radius 2 is 1.95 bits per heavy atom. The van der Waals surface area contributed by atoms with E-state index in [1.165, 1.54) is 7.11 Å². The number of benzene rings is 2.